The van der Waals surface area contributed by atoms with Crippen LogP contribution in [0.2, 0.25) is 0 Å². The fourth-order valence-corrected chi connectivity index (χ4v) is 1.79. The molecular formula is C12H19ClN2O4. The van der Waals surface area contributed by atoms with E-state index < -0.39 is 11.0 Å². The summed E-state index contributed by atoms with van der Waals surface area (Å²) in [4.78, 5) is 10.3. The van der Waals surface area contributed by atoms with Crippen LogP contribution in [-0.4, -0.2) is 17.1 Å². The lowest BCUT2D eigenvalue weighted by atomic mass is 9.96. The molecule has 0 fully saturated rings. The summed E-state index contributed by atoms with van der Waals surface area (Å²) >= 11 is 0. The number of nitrogens with two attached hydrogens (primary N) is 1. The van der Waals surface area contributed by atoms with Gasteiger partial charge in [-0.2, -0.15) is 0 Å². The van der Waals surface area contributed by atoms with Gasteiger partial charge >= 0.3 is 0 Å². The number of nitro groups is 1. The number of hydrogen-bond acceptors (Lipinski definition) is 5. The first kappa shape index (κ1) is 17.5. The van der Waals surface area contributed by atoms with Gasteiger partial charge in [-0.25, -0.2) is 0 Å². The van der Waals surface area contributed by atoms with Gasteiger partial charge in [0.1, 0.15) is 0 Å². The Morgan fingerprint density at radius 1 is 1.47 bits per heavy atom. The van der Waals surface area contributed by atoms with E-state index >= 15 is 0 Å². The van der Waals surface area contributed by atoms with Crippen molar-refractivity contribution in [2.24, 2.45) is 11.7 Å². The summed E-state index contributed by atoms with van der Waals surface area (Å²) in [5, 5.41) is 20.8. The quantitative estimate of drug-likeness (QED) is 0.642. The van der Waals surface area contributed by atoms with Crippen molar-refractivity contribution in [3.63, 3.8) is 0 Å². The monoisotopic (exact) mass is 290 g/mol. The molecule has 0 saturated heterocycles. The van der Waals surface area contributed by atoms with Crippen LogP contribution in [0, 0.1) is 16.0 Å². The van der Waals surface area contributed by atoms with Crippen molar-refractivity contribution < 1.29 is 14.8 Å². The van der Waals surface area contributed by atoms with Gasteiger partial charge in [0.15, 0.2) is 11.5 Å². The van der Waals surface area contributed by atoms with Gasteiger partial charge in [0.2, 0.25) is 0 Å². The zero-order chi connectivity index (χ0) is 13.9. The second kappa shape index (κ2) is 7.16. The average molecular weight is 291 g/mol. The van der Waals surface area contributed by atoms with Crippen LogP contribution in [0.1, 0.15) is 31.9 Å². The molecule has 0 aliphatic rings. The third-order valence-corrected chi connectivity index (χ3v) is 2.64. The highest BCUT2D eigenvalue weighted by molar-refractivity contribution is 5.85. The predicted octanol–water partition coefficient (Wildman–Crippen LogP) is 2.78. The van der Waals surface area contributed by atoms with Crippen LogP contribution in [0.25, 0.3) is 0 Å². The standard InChI is InChI=1S/C12H18N2O4.ClH/c1-7(2)4-10(13)9-5-8(14(16)17)6-11(18-3)12(9)15;/h5-7,10,15H,4,13H2,1-3H3;1H/t10-;/m0./s1. The van der Waals surface area contributed by atoms with Crippen LogP contribution < -0.4 is 10.5 Å². The Bertz CT molecular complexity index is 452. The normalized spacial score (nSPS) is 11.8. The highest BCUT2D eigenvalue weighted by Gasteiger charge is 2.21. The molecule has 1 atom stereocenters. The minimum Gasteiger partial charge on any atom is -0.504 e. The smallest absolute Gasteiger partial charge is 0.273 e. The van der Waals surface area contributed by atoms with Gasteiger partial charge in [0.05, 0.1) is 18.1 Å². The number of ether oxygens (including phenoxy) is 1. The summed E-state index contributed by atoms with van der Waals surface area (Å²) in [6.45, 7) is 3.98. The number of hydrogen-bond donors (Lipinski definition) is 2. The van der Waals surface area contributed by atoms with E-state index in [1.54, 1.807) is 0 Å². The number of rotatable bonds is 5. The predicted molar refractivity (Wildman–Crippen MR) is 74.9 cm³/mol. The van der Waals surface area contributed by atoms with Crippen molar-refractivity contribution in [1.82, 2.24) is 0 Å². The number of non-ortho nitro benzene ring substituents is 1. The SMILES string of the molecule is COc1cc([N+](=O)[O-])cc([C@@H](N)CC(C)C)c1O.Cl. The van der Waals surface area contributed by atoms with Crippen LogP contribution in [0.4, 0.5) is 5.69 Å². The van der Waals surface area contributed by atoms with E-state index in [0.29, 0.717) is 17.9 Å². The maximum atomic E-state index is 10.8. The number of methoxy groups -OCH3 is 1. The number of phenols is 1. The van der Waals surface area contributed by atoms with E-state index in [2.05, 4.69) is 0 Å². The summed E-state index contributed by atoms with van der Waals surface area (Å²) in [7, 11) is 1.34. The summed E-state index contributed by atoms with van der Waals surface area (Å²) in [6.07, 6.45) is 0.623. The first-order valence-corrected chi connectivity index (χ1v) is 5.67. The van der Waals surface area contributed by atoms with Crippen molar-refractivity contribution in [2.75, 3.05) is 7.11 Å². The summed E-state index contributed by atoms with van der Waals surface area (Å²) in [6, 6.07) is 2.02. The Morgan fingerprint density at radius 2 is 2.05 bits per heavy atom. The molecule has 0 aliphatic heterocycles. The molecule has 108 valence electrons. The first-order valence-electron chi connectivity index (χ1n) is 5.67. The Kier molecular flexibility index (Phi) is 6.58. The van der Waals surface area contributed by atoms with E-state index in [9.17, 15) is 15.2 Å². The van der Waals surface area contributed by atoms with Crippen molar-refractivity contribution in [3.05, 3.63) is 27.8 Å². The van der Waals surface area contributed by atoms with E-state index in [1.165, 1.54) is 19.2 Å². The van der Waals surface area contributed by atoms with Crippen molar-refractivity contribution in [2.45, 2.75) is 26.3 Å². The lowest BCUT2D eigenvalue weighted by molar-refractivity contribution is -0.385. The molecule has 0 aromatic heterocycles. The zero-order valence-corrected chi connectivity index (χ0v) is 11.9. The number of halogens is 1. The fraction of sp³-hybridized carbons (Fsp3) is 0.500. The Morgan fingerprint density at radius 3 is 2.47 bits per heavy atom. The molecule has 0 spiro atoms. The summed E-state index contributed by atoms with van der Waals surface area (Å²) in [5.41, 5.74) is 6.15. The number of phenolic OH excluding ortho intramolecular Hbond substituents is 1. The molecule has 19 heavy (non-hydrogen) atoms. The summed E-state index contributed by atoms with van der Waals surface area (Å²) < 4.78 is 4.92. The molecule has 6 nitrogen and oxygen atoms in total. The van der Waals surface area contributed by atoms with Crippen LogP contribution in [0.5, 0.6) is 11.5 Å². The molecule has 7 heteroatoms. The summed E-state index contributed by atoms with van der Waals surface area (Å²) in [5.74, 6) is 0.263. The van der Waals surface area contributed by atoms with Gasteiger partial charge in [-0.15, -0.1) is 12.4 Å². The van der Waals surface area contributed by atoms with Crippen molar-refractivity contribution in [3.8, 4) is 11.5 Å². The zero-order valence-electron chi connectivity index (χ0n) is 11.1. The van der Waals surface area contributed by atoms with Crippen LogP contribution in [0.15, 0.2) is 12.1 Å². The van der Waals surface area contributed by atoms with E-state index in [-0.39, 0.29) is 29.6 Å². The van der Waals surface area contributed by atoms with E-state index in [1.807, 2.05) is 13.8 Å². The van der Waals surface area contributed by atoms with Crippen molar-refractivity contribution >= 4 is 18.1 Å². The second-order valence-corrected chi connectivity index (χ2v) is 4.58. The molecule has 0 radical (unpaired) electrons. The Hall–Kier alpha value is -1.53. The minimum absolute atomic E-state index is 0. The molecule has 0 unspecified atom stereocenters. The van der Waals surface area contributed by atoms with E-state index in [4.69, 9.17) is 10.5 Å². The molecular weight excluding hydrogens is 272 g/mol. The molecule has 0 amide bonds. The van der Waals surface area contributed by atoms with Gasteiger partial charge < -0.3 is 15.6 Å². The van der Waals surface area contributed by atoms with E-state index in [0.717, 1.165) is 0 Å². The topological polar surface area (TPSA) is 98.6 Å². The third kappa shape index (κ3) is 4.25. The first-order chi connectivity index (χ1) is 8.36. The number of nitro benzene ring substituents is 1. The number of aromatic hydroxyl groups is 1. The Labute approximate surface area is 118 Å². The molecule has 0 saturated carbocycles. The average Bonchev–Trinajstić information content (AvgIpc) is 2.27. The number of nitrogens with zero attached hydrogens (tertiary/aromatic N) is 1. The third-order valence-electron chi connectivity index (χ3n) is 2.64. The molecule has 1 aromatic rings. The molecule has 1 rings (SSSR count). The van der Waals surface area contributed by atoms with Gasteiger partial charge in [0, 0.05) is 17.7 Å². The molecule has 1 aromatic carbocycles. The highest BCUT2D eigenvalue weighted by atomic mass is 35.5. The van der Waals surface area contributed by atoms with Gasteiger partial charge in [-0.1, -0.05) is 13.8 Å². The van der Waals surface area contributed by atoms with Crippen molar-refractivity contribution in [1.29, 1.82) is 0 Å². The molecule has 3 N–H and O–H groups in total. The Balaban J connectivity index is 0.00000324. The van der Waals surface area contributed by atoms with Crippen LogP contribution in [-0.2, 0) is 0 Å². The fourth-order valence-electron chi connectivity index (χ4n) is 1.79. The molecule has 0 aliphatic carbocycles. The van der Waals surface area contributed by atoms with Gasteiger partial charge in [0.25, 0.3) is 5.69 Å². The maximum Gasteiger partial charge on any atom is 0.273 e. The van der Waals surface area contributed by atoms with Crippen LogP contribution in [0.3, 0.4) is 0 Å². The largest absolute Gasteiger partial charge is 0.504 e. The highest BCUT2D eigenvalue weighted by Crippen LogP contribution is 2.38. The maximum absolute atomic E-state index is 10.8. The van der Waals surface area contributed by atoms with Crippen LogP contribution >= 0.6 is 12.4 Å². The molecule has 0 bridgehead atoms. The van der Waals surface area contributed by atoms with Gasteiger partial charge in [-0.3, -0.25) is 10.1 Å². The lowest BCUT2D eigenvalue weighted by Gasteiger charge is -2.17. The molecule has 0 heterocycles. The minimum atomic E-state index is -0.534. The lowest BCUT2D eigenvalue weighted by Crippen LogP contribution is -2.13. The number of benzene rings is 1. The van der Waals surface area contributed by atoms with Gasteiger partial charge in [-0.05, 0) is 12.3 Å². The second-order valence-electron chi connectivity index (χ2n) is 4.58.